The quantitative estimate of drug-likeness (QED) is 0.793. The van der Waals surface area contributed by atoms with Gasteiger partial charge in [-0.15, -0.1) is 0 Å². The molecule has 2 heterocycles. The van der Waals surface area contributed by atoms with Crippen molar-refractivity contribution in [1.82, 2.24) is 15.0 Å². The first-order valence-electron chi connectivity index (χ1n) is 4.85. The molecular weight excluding hydrogens is 190 g/mol. The fourth-order valence-electron chi connectivity index (χ4n) is 1.66. The Morgan fingerprint density at radius 1 is 1.40 bits per heavy atom. The summed E-state index contributed by atoms with van der Waals surface area (Å²) < 4.78 is 0. The number of hydrogen-bond donors (Lipinski definition) is 2. The van der Waals surface area contributed by atoms with Crippen LogP contribution in [0.1, 0.15) is 29.7 Å². The largest absolute Gasteiger partial charge is 0.392 e. The van der Waals surface area contributed by atoms with Gasteiger partial charge >= 0.3 is 0 Å². The summed E-state index contributed by atoms with van der Waals surface area (Å²) in [7, 11) is 0. The monoisotopic (exact) mass is 203 g/mol. The summed E-state index contributed by atoms with van der Waals surface area (Å²) in [5, 5.41) is 9.20. The molecule has 0 saturated carbocycles. The summed E-state index contributed by atoms with van der Waals surface area (Å²) in [6.07, 6.45) is 6.89. The zero-order valence-electron chi connectivity index (χ0n) is 8.51. The zero-order valence-corrected chi connectivity index (χ0v) is 8.51. The summed E-state index contributed by atoms with van der Waals surface area (Å²) in [5.74, 6) is 0.192. The second-order valence-electron chi connectivity index (χ2n) is 3.46. The number of aromatic amines is 1. The van der Waals surface area contributed by atoms with E-state index in [9.17, 15) is 5.11 Å². The van der Waals surface area contributed by atoms with Crippen LogP contribution in [0.2, 0.25) is 0 Å². The van der Waals surface area contributed by atoms with E-state index in [0.29, 0.717) is 0 Å². The lowest BCUT2D eigenvalue weighted by Gasteiger charge is -2.12. The van der Waals surface area contributed by atoms with Crippen molar-refractivity contribution in [2.45, 2.75) is 19.4 Å². The van der Waals surface area contributed by atoms with Crippen LogP contribution in [0.15, 0.2) is 31.0 Å². The minimum atomic E-state index is 0.0155. The minimum Gasteiger partial charge on any atom is -0.392 e. The van der Waals surface area contributed by atoms with Crippen LogP contribution in [0, 0.1) is 0 Å². The second kappa shape index (κ2) is 4.23. The maximum atomic E-state index is 9.20. The molecule has 15 heavy (non-hydrogen) atoms. The van der Waals surface area contributed by atoms with Gasteiger partial charge in [0.1, 0.15) is 0 Å². The molecule has 4 heteroatoms. The minimum absolute atomic E-state index is 0.0155. The van der Waals surface area contributed by atoms with Gasteiger partial charge < -0.3 is 10.1 Å². The molecule has 0 amide bonds. The highest BCUT2D eigenvalue weighted by Gasteiger charge is 2.12. The van der Waals surface area contributed by atoms with Gasteiger partial charge in [-0.25, -0.2) is 4.98 Å². The molecule has 1 atom stereocenters. The van der Waals surface area contributed by atoms with Crippen molar-refractivity contribution in [3.8, 4) is 0 Å². The summed E-state index contributed by atoms with van der Waals surface area (Å²) in [6, 6.07) is 1.93. The number of aliphatic hydroxyl groups excluding tert-OH is 1. The third kappa shape index (κ3) is 1.89. The maximum Gasteiger partial charge on any atom is 0.0921 e. The predicted octanol–water partition coefficient (Wildman–Crippen LogP) is 1.45. The number of aliphatic hydroxyl groups is 1. The molecular formula is C11H13N3O. The maximum absolute atomic E-state index is 9.20. The molecule has 0 aromatic carbocycles. The Hall–Kier alpha value is -1.68. The third-order valence-corrected chi connectivity index (χ3v) is 2.56. The highest BCUT2D eigenvalue weighted by atomic mass is 16.3. The van der Waals surface area contributed by atoms with Crippen molar-refractivity contribution in [3.05, 3.63) is 47.8 Å². The van der Waals surface area contributed by atoms with Gasteiger partial charge in [0.25, 0.3) is 0 Å². The molecule has 4 nitrogen and oxygen atoms in total. The number of H-pyrrole nitrogens is 1. The van der Waals surface area contributed by atoms with Crippen molar-refractivity contribution in [2.24, 2.45) is 0 Å². The normalized spacial score (nSPS) is 12.7. The predicted molar refractivity (Wildman–Crippen MR) is 56.3 cm³/mol. The highest BCUT2D eigenvalue weighted by Crippen LogP contribution is 2.24. The van der Waals surface area contributed by atoms with E-state index in [4.69, 9.17) is 0 Å². The lowest BCUT2D eigenvalue weighted by Crippen LogP contribution is -2.02. The Balaban J connectivity index is 2.37. The van der Waals surface area contributed by atoms with Crippen LogP contribution in [-0.2, 0) is 6.61 Å². The molecule has 2 aromatic heterocycles. The van der Waals surface area contributed by atoms with E-state index in [0.717, 1.165) is 16.8 Å². The SMILES string of the molecule is CC(c1cnc[nH]1)c1ccncc1CO. The number of imidazole rings is 1. The zero-order chi connectivity index (χ0) is 10.7. The van der Waals surface area contributed by atoms with Crippen LogP contribution in [0.3, 0.4) is 0 Å². The molecule has 0 bridgehead atoms. The molecule has 1 unspecified atom stereocenters. The topological polar surface area (TPSA) is 61.8 Å². The lowest BCUT2D eigenvalue weighted by molar-refractivity contribution is 0.280. The van der Waals surface area contributed by atoms with Gasteiger partial charge in [-0.3, -0.25) is 4.98 Å². The smallest absolute Gasteiger partial charge is 0.0921 e. The Bertz CT molecular complexity index is 425. The fourth-order valence-corrected chi connectivity index (χ4v) is 1.66. The van der Waals surface area contributed by atoms with E-state index in [1.807, 2.05) is 6.07 Å². The molecule has 78 valence electrons. The number of hydrogen-bond acceptors (Lipinski definition) is 3. The van der Waals surface area contributed by atoms with Gasteiger partial charge in [0, 0.05) is 30.2 Å². The van der Waals surface area contributed by atoms with Gasteiger partial charge in [0.05, 0.1) is 12.9 Å². The fraction of sp³-hybridized carbons (Fsp3) is 0.273. The van der Waals surface area contributed by atoms with Crippen molar-refractivity contribution in [3.63, 3.8) is 0 Å². The first kappa shape index (κ1) is 9.86. The summed E-state index contributed by atoms with van der Waals surface area (Å²) in [4.78, 5) is 11.1. The van der Waals surface area contributed by atoms with Crippen LogP contribution in [-0.4, -0.2) is 20.1 Å². The molecule has 0 aliphatic carbocycles. The van der Waals surface area contributed by atoms with Crippen LogP contribution in [0.4, 0.5) is 0 Å². The van der Waals surface area contributed by atoms with E-state index in [1.54, 1.807) is 24.9 Å². The lowest BCUT2D eigenvalue weighted by atomic mass is 9.95. The van der Waals surface area contributed by atoms with Gasteiger partial charge in [-0.2, -0.15) is 0 Å². The molecule has 0 saturated heterocycles. The third-order valence-electron chi connectivity index (χ3n) is 2.56. The molecule has 2 N–H and O–H groups in total. The van der Waals surface area contributed by atoms with Gasteiger partial charge in [0.15, 0.2) is 0 Å². The first-order chi connectivity index (χ1) is 7.33. The standard InChI is InChI=1S/C11H13N3O/c1-8(11-5-13-7-14-11)10-2-3-12-4-9(10)6-15/h2-5,7-8,15H,6H2,1H3,(H,13,14). The molecule has 2 rings (SSSR count). The second-order valence-corrected chi connectivity index (χ2v) is 3.46. The summed E-state index contributed by atoms with van der Waals surface area (Å²) in [6.45, 7) is 2.09. The van der Waals surface area contributed by atoms with Crippen molar-refractivity contribution in [2.75, 3.05) is 0 Å². The van der Waals surface area contributed by atoms with Gasteiger partial charge in [-0.1, -0.05) is 6.92 Å². The molecule has 2 aromatic rings. The average molecular weight is 203 g/mol. The molecule has 0 aliphatic heterocycles. The Morgan fingerprint density at radius 2 is 2.27 bits per heavy atom. The van der Waals surface area contributed by atoms with Crippen LogP contribution in [0.25, 0.3) is 0 Å². The van der Waals surface area contributed by atoms with E-state index in [2.05, 4.69) is 21.9 Å². The number of nitrogens with one attached hydrogen (secondary N) is 1. The Kier molecular flexibility index (Phi) is 2.78. The van der Waals surface area contributed by atoms with Crippen molar-refractivity contribution in [1.29, 1.82) is 0 Å². The summed E-state index contributed by atoms with van der Waals surface area (Å²) >= 11 is 0. The van der Waals surface area contributed by atoms with Crippen LogP contribution >= 0.6 is 0 Å². The number of rotatable bonds is 3. The number of pyridine rings is 1. The Labute approximate surface area is 88.0 Å². The van der Waals surface area contributed by atoms with E-state index >= 15 is 0 Å². The molecule has 0 fully saturated rings. The summed E-state index contributed by atoms with van der Waals surface area (Å²) in [5.41, 5.74) is 2.98. The van der Waals surface area contributed by atoms with Crippen LogP contribution in [0.5, 0.6) is 0 Å². The van der Waals surface area contributed by atoms with E-state index in [1.165, 1.54) is 0 Å². The molecule has 0 aliphatic rings. The van der Waals surface area contributed by atoms with Crippen LogP contribution < -0.4 is 0 Å². The molecule has 0 spiro atoms. The van der Waals surface area contributed by atoms with E-state index < -0.39 is 0 Å². The highest BCUT2D eigenvalue weighted by molar-refractivity contribution is 5.31. The van der Waals surface area contributed by atoms with E-state index in [-0.39, 0.29) is 12.5 Å². The van der Waals surface area contributed by atoms with Gasteiger partial charge in [0.2, 0.25) is 0 Å². The van der Waals surface area contributed by atoms with Crippen molar-refractivity contribution >= 4 is 0 Å². The molecule has 0 radical (unpaired) electrons. The number of nitrogens with zero attached hydrogens (tertiary/aromatic N) is 2. The van der Waals surface area contributed by atoms with Crippen molar-refractivity contribution < 1.29 is 5.11 Å². The Morgan fingerprint density at radius 3 is 2.93 bits per heavy atom. The average Bonchev–Trinajstić information content (AvgIpc) is 2.81. The van der Waals surface area contributed by atoms with Gasteiger partial charge in [-0.05, 0) is 17.2 Å². The number of aromatic nitrogens is 3. The first-order valence-corrected chi connectivity index (χ1v) is 4.85.